The van der Waals surface area contributed by atoms with Crippen molar-refractivity contribution >= 4 is 11.0 Å². The van der Waals surface area contributed by atoms with Crippen molar-refractivity contribution in [1.29, 1.82) is 0 Å². The van der Waals surface area contributed by atoms with Gasteiger partial charge in [-0.05, 0) is 48.9 Å². The van der Waals surface area contributed by atoms with Gasteiger partial charge >= 0.3 is 0 Å². The summed E-state index contributed by atoms with van der Waals surface area (Å²) in [6, 6.07) is 18.4. The van der Waals surface area contributed by atoms with Gasteiger partial charge in [0, 0.05) is 31.1 Å². The first-order valence-electron chi connectivity index (χ1n) is 8.54. The standard InChI is InChI=1S/C20H15N3.C2H6.H2/c1-14-3-2-4-16(13-14)18-5-6-19-20(23-18)17(9-12-22-19)15-7-10-21-11-8-15;1-2;/h2-13H,1H3;1-2H3;1H. The van der Waals surface area contributed by atoms with E-state index < -0.39 is 0 Å². The Bertz CT molecular complexity index is 985. The molecule has 0 unspecified atom stereocenters. The number of benzene rings is 1. The molecule has 0 saturated heterocycles. The maximum atomic E-state index is 4.88. The largest absolute Gasteiger partial charge is 0.265 e. The Labute approximate surface area is 149 Å². The van der Waals surface area contributed by atoms with E-state index in [-0.39, 0.29) is 1.43 Å². The second-order valence-electron chi connectivity index (χ2n) is 5.53. The Hall–Kier alpha value is -3.07. The SMILES string of the molecule is CC.Cc1cccc(-c2ccc3nccc(-c4ccncc4)c3n2)c1.[HH]. The molecule has 0 saturated carbocycles. The summed E-state index contributed by atoms with van der Waals surface area (Å²) in [5, 5.41) is 0. The first kappa shape index (κ1) is 16.8. The number of pyridine rings is 3. The quantitative estimate of drug-likeness (QED) is 0.457. The number of aromatic nitrogens is 3. The van der Waals surface area contributed by atoms with Gasteiger partial charge in [0.1, 0.15) is 0 Å². The van der Waals surface area contributed by atoms with Crippen LogP contribution in [0.25, 0.3) is 33.4 Å². The fraction of sp³-hybridized carbons (Fsp3) is 0.136. The van der Waals surface area contributed by atoms with E-state index in [1.165, 1.54) is 5.56 Å². The van der Waals surface area contributed by atoms with Gasteiger partial charge in [-0.15, -0.1) is 0 Å². The van der Waals surface area contributed by atoms with Crippen LogP contribution in [0.1, 0.15) is 20.8 Å². The molecule has 0 aliphatic carbocycles. The molecule has 4 rings (SSSR count). The summed E-state index contributed by atoms with van der Waals surface area (Å²) in [6.07, 6.45) is 5.42. The van der Waals surface area contributed by atoms with Crippen molar-refractivity contribution in [3.05, 3.63) is 78.8 Å². The van der Waals surface area contributed by atoms with Crippen LogP contribution in [0.2, 0.25) is 0 Å². The fourth-order valence-corrected chi connectivity index (χ4v) is 2.75. The zero-order valence-corrected chi connectivity index (χ0v) is 14.8. The summed E-state index contributed by atoms with van der Waals surface area (Å²) >= 11 is 0. The second kappa shape index (κ2) is 7.67. The normalized spacial score (nSPS) is 10.2. The van der Waals surface area contributed by atoms with Crippen molar-refractivity contribution in [3.63, 3.8) is 0 Å². The summed E-state index contributed by atoms with van der Waals surface area (Å²) in [5.74, 6) is 0. The topological polar surface area (TPSA) is 38.7 Å². The number of hydrogen-bond donors (Lipinski definition) is 0. The highest BCUT2D eigenvalue weighted by Gasteiger charge is 2.08. The predicted octanol–water partition coefficient (Wildman–Crippen LogP) is 5.94. The van der Waals surface area contributed by atoms with Gasteiger partial charge in [0.25, 0.3) is 0 Å². The highest BCUT2D eigenvalue weighted by molar-refractivity contribution is 5.92. The summed E-state index contributed by atoms with van der Waals surface area (Å²) in [4.78, 5) is 13.4. The van der Waals surface area contributed by atoms with E-state index in [4.69, 9.17) is 4.98 Å². The molecular weight excluding hydrogens is 306 g/mol. The van der Waals surface area contributed by atoms with Crippen molar-refractivity contribution in [2.24, 2.45) is 0 Å². The van der Waals surface area contributed by atoms with E-state index in [1.54, 1.807) is 12.4 Å². The molecule has 0 amide bonds. The van der Waals surface area contributed by atoms with Crippen LogP contribution < -0.4 is 0 Å². The number of hydrogen-bond acceptors (Lipinski definition) is 3. The molecule has 0 radical (unpaired) electrons. The molecule has 3 heterocycles. The third-order valence-electron chi connectivity index (χ3n) is 3.89. The summed E-state index contributed by atoms with van der Waals surface area (Å²) in [6.45, 7) is 6.09. The molecule has 0 spiro atoms. The number of fused-ring (bicyclic) bond motifs is 1. The predicted molar refractivity (Wildman–Crippen MR) is 106 cm³/mol. The zero-order chi connectivity index (χ0) is 17.6. The third kappa shape index (κ3) is 3.56. The Balaban J connectivity index is 0.000000784. The minimum Gasteiger partial charge on any atom is -0.265 e. The third-order valence-corrected chi connectivity index (χ3v) is 3.89. The molecule has 3 heteroatoms. The molecule has 0 bridgehead atoms. The molecule has 126 valence electrons. The average molecular weight is 329 g/mol. The van der Waals surface area contributed by atoms with Gasteiger partial charge in [-0.25, -0.2) is 4.98 Å². The molecule has 0 N–H and O–H groups in total. The van der Waals surface area contributed by atoms with Crippen molar-refractivity contribution in [2.45, 2.75) is 20.8 Å². The lowest BCUT2D eigenvalue weighted by Crippen LogP contribution is -1.91. The molecule has 0 aliphatic rings. The van der Waals surface area contributed by atoms with Gasteiger partial charge in [-0.3, -0.25) is 9.97 Å². The van der Waals surface area contributed by atoms with Crippen LogP contribution in [0.4, 0.5) is 0 Å². The van der Waals surface area contributed by atoms with Crippen LogP contribution >= 0.6 is 0 Å². The Morgan fingerprint density at radius 2 is 1.60 bits per heavy atom. The minimum atomic E-state index is 0. The van der Waals surface area contributed by atoms with Gasteiger partial charge in [0.2, 0.25) is 0 Å². The number of nitrogens with zero attached hydrogens (tertiary/aromatic N) is 3. The van der Waals surface area contributed by atoms with Crippen molar-refractivity contribution in [1.82, 2.24) is 15.0 Å². The van der Waals surface area contributed by atoms with E-state index in [0.29, 0.717) is 0 Å². The van der Waals surface area contributed by atoms with E-state index in [0.717, 1.165) is 33.4 Å². The van der Waals surface area contributed by atoms with Crippen molar-refractivity contribution in [3.8, 4) is 22.4 Å². The first-order valence-corrected chi connectivity index (χ1v) is 8.54. The summed E-state index contributed by atoms with van der Waals surface area (Å²) < 4.78 is 0. The lowest BCUT2D eigenvalue weighted by atomic mass is 10.0. The lowest BCUT2D eigenvalue weighted by molar-refractivity contribution is 1.31. The van der Waals surface area contributed by atoms with Gasteiger partial charge < -0.3 is 0 Å². The lowest BCUT2D eigenvalue weighted by Gasteiger charge is -2.08. The summed E-state index contributed by atoms with van der Waals surface area (Å²) in [5.41, 5.74) is 7.30. The molecule has 1 aromatic carbocycles. The highest BCUT2D eigenvalue weighted by atomic mass is 14.8. The zero-order valence-electron chi connectivity index (χ0n) is 14.8. The van der Waals surface area contributed by atoms with E-state index in [1.807, 2.05) is 50.4 Å². The molecule has 0 fully saturated rings. The molecule has 3 aromatic heterocycles. The van der Waals surface area contributed by atoms with Crippen LogP contribution in [0.15, 0.2) is 73.2 Å². The van der Waals surface area contributed by atoms with E-state index >= 15 is 0 Å². The van der Waals surface area contributed by atoms with Crippen molar-refractivity contribution in [2.75, 3.05) is 0 Å². The smallest absolute Gasteiger partial charge is 0.0972 e. The highest BCUT2D eigenvalue weighted by Crippen LogP contribution is 2.28. The maximum absolute atomic E-state index is 4.88. The van der Waals surface area contributed by atoms with Gasteiger partial charge in [-0.2, -0.15) is 0 Å². The maximum Gasteiger partial charge on any atom is 0.0972 e. The first-order chi connectivity index (χ1) is 12.3. The minimum absolute atomic E-state index is 0. The second-order valence-corrected chi connectivity index (χ2v) is 5.53. The van der Waals surface area contributed by atoms with E-state index in [2.05, 4.69) is 41.2 Å². The average Bonchev–Trinajstić information content (AvgIpc) is 2.69. The van der Waals surface area contributed by atoms with Crippen LogP contribution in [0.3, 0.4) is 0 Å². The molecule has 3 nitrogen and oxygen atoms in total. The van der Waals surface area contributed by atoms with Crippen LogP contribution in [-0.2, 0) is 0 Å². The van der Waals surface area contributed by atoms with Gasteiger partial charge in [-0.1, -0.05) is 37.6 Å². The van der Waals surface area contributed by atoms with Gasteiger partial charge in [0.05, 0.1) is 16.7 Å². The number of rotatable bonds is 2. The Morgan fingerprint density at radius 3 is 2.36 bits per heavy atom. The molecule has 0 aliphatic heterocycles. The van der Waals surface area contributed by atoms with E-state index in [9.17, 15) is 0 Å². The van der Waals surface area contributed by atoms with Crippen LogP contribution in [0.5, 0.6) is 0 Å². The van der Waals surface area contributed by atoms with Crippen LogP contribution in [0, 0.1) is 6.92 Å². The molecule has 4 aromatic rings. The Kier molecular flexibility index (Phi) is 5.14. The van der Waals surface area contributed by atoms with Gasteiger partial charge in [0.15, 0.2) is 0 Å². The molecule has 0 atom stereocenters. The molecule has 25 heavy (non-hydrogen) atoms. The summed E-state index contributed by atoms with van der Waals surface area (Å²) in [7, 11) is 0. The fourth-order valence-electron chi connectivity index (χ4n) is 2.75. The monoisotopic (exact) mass is 329 g/mol. The number of aryl methyl sites for hydroxylation is 1. The Morgan fingerprint density at radius 1 is 0.800 bits per heavy atom. The van der Waals surface area contributed by atoms with Crippen molar-refractivity contribution < 1.29 is 1.43 Å². The molecular formula is C22H23N3. The van der Waals surface area contributed by atoms with Crippen LogP contribution in [-0.4, -0.2) is 15.0 Å².